The summed E-state index contributed by atoms with van der Waals surface area (Å²) in [7, 11) is 0. The van der Waals surface area contributed by atoms with Crippen molar-refractivity contribution in [3.63, 3.8) is 0 Å². The maximum absolute atomic E-state index is 10.9. The average molecular weight is 195 g/mol. The number of aliphatic hydroxyl groups is 4. The molecule has 0 saturated carbocycles. The Kier molecular flexibility index (Phi) is 5.71. The molecule has 0 bridgehead atoms. The molecule has 0 heterocycles. The van der Waals surface area contributed by atoms with Crippen LogP contribution in [-0.2, 0) is 4.79 Å². The van der Waals surface area contributed by atoms with Gasteiger partial charge in [0.1, 0.15) is 18.3 Å². The van der Waals surface area contributed by atoms with Crippen LogP contribution in [0.15, 0.2) is 0 Å². The molecule has 78 valence electrons. The number of hydrogen-bond donors (Lipinski definition) is 6. The largest absolute Gasteiger partial charge is 0.394 e. The van der Waals surface area contributed by atoms with Gasteiger partial charge in [0, 0.05) is 0 Å². The van der Waals surface area contributed by atoms with E-state index in [1.54, 1.807) is 0 Å². The standard InChI is InChI=1S/C6H13NO6/c8-2-4(10)6(12)5(11)3(9)1-7-13/h3-4,6-10,12-13H,1-2H2/t3-,4+,6-/m0/s1. The smallest absolute Gasteiger partial charge is 0.193 e. The third-order valence-electron chi connectivity index (χ3n) is 1.46. The lowest BCUT2D eigenvalue weighted by atomic mass is 10.1. The molecule has 3 atom stereocenters. The van der Waals surface area contributed by atoms with Crippen molar-refractivity contribution in [2.24, 2.45) is 0 Å². The van der Waals surface area contributed by atoms with Crippen molar-refractivity contribution >= 4 is 5.78 Å². The number of aliphatic hydroxyl groups excluding tert-OH is 4. The van der Waals surface area contributed by atoms with E-state index in [9.17, 15) is 4.79 Å². The van der Waals surface area contributed by atoms with E-state index in [1.165, 1.54) is 5.48 Å². The van der Waals surface area contributed by atoms with Gasteiger partial charge in [0.15, 0.2) is 5.78 Å². The summed E-state index contributed by atoms with van der Waals surface area (Å²) in [6, 6.07) is 0. The molecular weight excluding hydrogens is 182 g/mol. The van der Waals surface area contributed by atoms with Gasteiger partial charge in [-0.15, -0.1) is 0 Å². The van der Waals surface area contributed by atoms with E-state index in [1.807, 2.05) is 0 Å². The Morgan fingerprint density at radius 3 is 2.23 bits per heavy atom. The quantitative estimate of drug-likeness (QED) is 0.244. The molecule has 0 rings (SSSR count). The Morgan fingerprint density at radius 1 is 1.31 bits per heavy atom. The zero-order chi connectivity index (χ0) is 10.4. The van der Waals surface area contributed by atoms with Crippen molar-refractivity contribution in [3.8, 4) is 0 Å². The first-order chi connectivity index (χ1) is 6.04. The fourth-order valence-corrected chi connectivity index (χ4v) is 0.674. The first kappa shape index (κ1) is 12.4. The lowest BCUT2D eigenvalue weighted by molar-refractivity contribution is -0.143. The highest BCUT2D eigenvalue weighted by Gasteiger charge is 2.28. The summed E-state index contributed by atoms with van der Waals surface area (Å²) in [5, 5.41) is 43.1. The van der Waals surface area contributed by atoms with E-state index in [0.717, 1.165) is 0 Å². The van der Waals surface area contributed by atoms with E-state index in [0.29, 0.717) is 0 Å². The van der Waals surface area contributed by atoms with E-state index < -0.39 is 37.2 Å². The number of ketones is 1. The van der Waals surface area contributed by atoms with Crippen LogP contribution >= 0.6 is 0 Å². The Balaban J connectivity index is 4.08. The van der Waals surface area contributed by atoms with Gasteiger partial charge in [0.25, 0.3) is 0 Å². The molecule has 7 heteroatoms. The van der Waals surface area contributed by atoms with Crippen LogP contribution in [0.4, 0.5) is 0 Å². The highest BCUT2D eigenvalue weighted by molar-refractivity contribution is 5.87. The van der Waals surface area contributed by atoms with Gasteiger partial charge < -0.3 is 25.6 Å². The summed E-state index contributed by atoms with van der Waals surface area (Å²) in [4.78, 5) is 10.9. The maximum Gasteiger partial charge on any atom is 0.193 e. The molecule has 0 fully saturated rings. The lowest BCUT2D eigenvalue weighted by Gasteiger charge is -2.17. The summed E-state index contributed by atoms with van der Waals surface area (Å²) >= 11 is 0. The number of hydrogen-bond acceptors (Lipinski definition) is 7. The predicted octanol–water partition coefficient (Wildman–Crippen LogP) is -3.39. The van der Waals surface area contributed by atoms with E-state index in [-0.39, 0.29) is 0 Å². The van der Waals surface area contributed by atoms with Gasteiger partial charge in [-0.25, -0.2) is 5.48 Å². The van der Waals surface area contributed by atoms with Crippen LogP contribution in [0, 0.1) is 0 Å². The molecule has 0 aliphatic carbocycles. The van der Waals surface area contributed by atoms with Crippen molar-refractivity contribution in [3.05, 3.63) is 0 Å². The second kappa shape index (κ2) is 5.97. The molecule has 0 spiro atoms. The van der Waals surface area contributed by atoms with Gasteiger partial charge in [-0.2, -0.15) is 0 Å². The Labute approximate surface area is 74.2 Å². The zero-order valence-electron chi connectivity index (χ0n) is 6.79. The monoisotopic (exact) mass is 195 g/mol. The molecule has 0 aromatic rings. The molecule has 0 aromatic carbocycles. The first-order valence-corrected chi connectivity index (χ1v) is 3.60. The van der Waals surface area contributed by atoms with Crippen LogP contribution < -0.4 is 5.48 Å². The molecule has 0 amide bonds. The molecule has 0 aliphatic rings. The third-order valence-corrected chi connectivity index (χ3v) is 1.46. The van der Waals surface area contributed by atoms with Crippen LogP contribution in [0.25, 0.3) is 0 Å². The molecule has 13 heavy (non-hydrogen) atoms. The molecule has 0 aromatic heterocycles. The van der Waals surface area contributed by atoms with Crippen molar-refractivity contribution in [1.29, 1.82) is 0 Å². The average Bonchev–Trinajstić information content (AvgIpc) is 2.14. The number of rotatable bonds is 6. The number of carbonyl (C=O) groups is 1. The fourth-order valence-electron chi connectivity index (χ4n) is 0.674. The van der Waals surface area contributed by atoms with Gasteiger partial charge in [0.05, 0.1) is 13.2 Å². The van der Waals surface area contributed by atoms with Gasteiger partial charge in [-0.1, -0.05) is 0 Å². The number of carbonyl (C=O) groups excluding carboxylic acids is 1. The minimum atomic E-state index is -1.85. The SMILES string of the molecule is O=C([C@@H](O)[C@H](O)CO)[C@@H](O)CNO. The molecule has 0 aliphatic heterocycles. The van der Waals surface area contributed by atoms with E-state index >= 15 is 0 Å². The van der Waals surface area contributed by atoms with Crippen molar-refractivity contribution in [1.82, 2.24) is 5.48 Å². The van der Waals surface area contributed by atoms with Crippen LogP contribution in [-0.4, -0.2) is 62.9 Å². The minimum absolute atomic E-state index is 0.450. The molecule has 0 saturated heterocycles. The second-order valence-electron chi connectivity index (χ2n) is 2.48. The second-order valence-corrected chi connectivity index (χ2v) is 2.48. The number of Topliss-reactive ketones (excluding diaryl/α,β-unsaturated/α-hetero) is 1. The van der Waals surface area contributed by atoms with Crippen molar-refractivity contribution < 1.29 is 30.4 Å². The zero-order valence-corrected chi connectivity index (χ0v) is 6.79. The summed E-state index contributed by atoms with van der Waals surface area (Å²) in [6.07, 6.45) is -5.10. The third kappa shape index (κ3) is 3.77. The fraction of sp³-hybridized carbons (Fsp3) is 0.833. The number of nitrogens with one attached hydrogen (secondary N) is 1. The minimum Gasteiger partial charge on any atom is -0.394 e. The highest BCUT2D eigenvalue weighted by atomic mass is 16.5. The van der Waals surface area contributed by atoms with Gasteiger partial charge >= 0.3 is 0 Å². The Morgan fingerprint density at radius 2 is 1.85 bits per heavy atom. The summed E-state index contributed by atoms with van der Waals surface area (Å²) in [6.45, 7) is -1.24. The predicted molar refractivity (Wildman–Crippen MR) is 39.9 cm³/mol. The van der Waals surface area contributed by atoms with Crippen LogP contribution in [0.5, 0.6) is 0 Å². The van der Waals surface area contributed by atoms with Gasteiger partial charge in [0.2, 0.25) is 0 Å². The molecule has 0 unspecified atom stereocenters. The Hall–Kier alpha value is -0.570. The highest BCUT2D eigenvalue weighted by Crippen LogP contribution is 1.98. The van der Waals surface area contributed by atoms with Crippen LogP contribution in [0.3, 0.4) is 0 Å². The molecular formula is C6H13NO6. The Bertz CT molecular complexity index is 163. The van der Waals surface area contributed by atoms with Crippen molar-refractivity contribution in [2.75, 3.05) is 13.2 Å². The summed E-state index contributed by atoms with van der Waals surface area (Å²) in [5.41, 5.74) is 1.53. The van der Waals surface area contributed by atoms with Crippen LogP contribution in [0.1, 0.15) is 0 Å². The molecule has 0 radical (unpaired) electrons. The topological polar surface area (TPSA) is 130 Å². The molecule has 6 N–H and O–H groups in total. The molecule has 7 nitrogen and oxygen atoms in total. The van der Waals surface area contributed by atoms with E-state index in [2.05, 4.69) is 0 Å². The van der Waals surface area contributed by atoms with Gasteiger partial charge in [-0.3, -0.25) is 4.79 Å². The lowest BCUT2D eigenvalue weighted by Crippen LogP contribution is -2.45. The van der Waals surface area contributed by atoms with Crippen molar-refractivity contribution in [2.45, 2.75) is 18.3 Å². The normalized spacial score (nSPS) is 17.9. The summed E-state index contributed by atoms with van der Waals surface area (Å²) < 4.78 is 0. The first-order valence-electron chi connectivity index (χ1n) is 3.60. The van der Waals surface area contributed by atoms with Crippen LogP contribution in [0.2, 0.25) is 0 Å². The number of hydroxylamine groups is 1. The maximum atomic E-state index is 10.9. The van der Waals surface area contributed by atoms with Gasteiger partial charge in [-0.05, 0) is 0 Å². The summed E-state index contributed by atoms with van der Waals surface area (Å²) in [5.74, 6) is -1.07. The van der Waals surface area contributed by atoms with E-state index in [4.69, 9.17) is 25.6 Å².